The highest BCUT2D eigenvalue weighted by molar-refractivity contribution is 7.89. The summed E-state index contributed by atoms with van der Waals surface area (Å²) in [6.07, 6.45) is 1.56. The summed E-state index contributed by atoms with van der Waals surface area (Å²) < 4.78 is 26.8. The van der Waals surface area contributed by atoms with Crippen LogP contribution in [-0.4, -0.2) is 18.6 Å². The largest absolute Gasteiger partial charge is 0.398 e. The first-order chi connectivity index (χ1) is 8.50. The summed E-state index contributed by atoms with van der Waals surface area (Å²) in [5.41, 5.74) is 7.26. The van der Waals surface area contributed by atoms with E-state index in [2.05, 4.69) is 14.9 Å². The Labute approximate surface area is 105 Å². The van der Waals surface area contributed by atoms with Crippen LogP contribution in [0.4, 0.5) is 5.69 Å². The maximum atomic E-state index is 12.1. The predicted octanol–water partition coefficient (Wildman–Crippen LogP) is 0.779. The molecule has 0 atom stereocenters. The second-order valence-corrected chi connectivity index (χ2v) is 5.60. The Balaban J connectivity index is 2.26. The number of aromatic amines is 1. The molecule has 0 unspecified atom stereocenters. The van der Waals surface area contributed by atoms with Gasteiger partial charge in [-0.3, -0.25) is 5.10 Å². The van der Waals surface area contributed by atoms with E-state index in [-0.39, 0.29) is 17.1 Å². The maximum absolute atomic E-state index is 12.1. The van der Waals surface area contributed by atoms with Crippen molar-refractivity contribution < 1.29 is 8.42 Å². The highest BCUT2D eigenvalue weighted by atomic mass is 32.2. The summed E-state index contributed by atoms with van der Waals surface area (Å²) in [4.78, 5) is 0.129. The average molecular weight is 266 g/mol. The zero-order valence-corrected chi connectivity index (χ0v) is 10.7. The summed E-state index contributed by atoms with van der Waals surface area (Å²) >= 11 is 0. The molecular formula is C11H14N4O2S. The van der Waals surface area contributed by atoms with Crippen molar-refractivity contribution in [3.63, 3.8) is 0 Å². The standard InChI is InChI=1S/C11H14N4O2S/c1-8-3-2-4-10(12)11(8)18(16,17)14-7-9-5-6-13-15-9/h2-6,14H,7,12H2,1H3,(H,13,15). The minimum atomic E-state index is -3.62. The van der Waals surface area contributed by atoms with Crippen molar-refractivity contribution in [2.24, 2.45) is 0 Å². The van der Waals surface area contributed by atoms with Gasteiger partial charge in [0, 0.05) is 6.20 Å². The fraction of sp³-hybridized carbons (Fsp3) is 0.182. The highest BCUT2D eigenvalue weighted by Gasteiger charge is 2.19. The van der Waals surface area contributed by atoms with E-state index in [0.717, 1.165) is 0 Å². The summed E-state index contributed by atoms with van der Waals surface area (Å²) in [6, 6.07) is 6.70. The quantitative estimate of drug-likeness (QED) is 0.712. The molecule has 0 aliphatic carbocycles. The monoisotopic (exact) mass is 266 g/mol. The lowest BCUT2D eigenvalue weighted by Crippen LogP contribution is -2.25. The van der Waals surface area contributed by atoms with Gasteiger partial charge in [0.1, 0.15) is 4.90 Å². The number of nitrogen functional groups attached to an aromatic ring is 1. The molecule has 0 aliphatic heterocycles. The van der Waals surface area contributed by atoms with Crippen molar-refractivity contribution in [3.8, 4) is 0 Å². The lowest BCUT2D eigenvalue weighted by Gasteiger charge is -2.10. The van der Waals surface area contributed by atoms with Crippen LogP contribution in [0.15, 0.2) is 35.4 Å². The third kappa shape index (κ3) is 2.52. The molecule has 0 spiro atoms. The average Bonchev–Trinajstić information content (AvgIpc) is 2.78. The number of hydrogen-bond donors (Lipinski definition) is 3. The van der Waals surface area contributed by atoms with Crippen molar-refractivity contribution >= 4 is 15.7 Å². The number of aryl methyl sites for hydroxylation is 1. The highest BCUT2D eigenvalue weighted by Crippen LogP contribution is 2.21. The zero-order chi connectivity index (χ0) is 13.2. The van der Waals surface area contributed by atoms with E-state index in [9.17, 15) is 8.42 Å². The number of rotatable bonds is 4. The van der Waals surface area contributed by atoms with Crippen molar-refractivity contribution in [3.05, 3.63) is 41.7 Å². The van der Waals surface area contributed by atoms with Gasteiger partial charge in [0.2, 0.25) is 10.0 Å². The van der Waals surface area contributed by atoms with Gasteiger partial charge >= 0.3 is 0 Å². The molecular weight excluding hydrogens is 252 g/mol. The molecule has 4 N–H and O–H groups in total. The minimum Gasteiger partial charge on any atom is -0.398 e. The van der Waals surface area contributed by atoms with E-state index in [1.807, 2.05) is 0 Å². The molecule has 1 aromatic carbocycles. The van der Waals surface area contributed by atoms with Crippen molar-refractivity contribution in [1.82, 2.24) is 14.9 Å². The van der Waals surface area contributed by atoms with E-state index in [4.69, 9.17) is 5.73 Å². The maximum Gasteiger partial charge on any atom is 0.243 e. The number of nitrogens with one attached hydrogen (secondary N) is 2. The molecule has 0 saturated carbocycles. The summed E-state index contributed by atoms with van der Waals surface area (Å²) in [5, 5.41) is 6.43. The molecule has 1 aromatic heterocycles. The molecule has 0 radical (unpaired) electrons. The number of H-pyrrole nitrogens is 1. The van der Waals surface area contributed by atoms with Crippen LogP contribution in [0.3, 0.4) is 0 Å². The van der Waals surface area contributed by atoms with Gasteiger partial charge in [-0.05, 0) is 24.6 Å². The Morgan fingerprint density at radius 2 is 2.17 bits per heavy atom. The fourth-order valence-corrected chi connectivity index (χ4v) is 3.03. The van der Waals surface area contributed by atoms with Crippen LogP contribution >= 0.6 is 0 Å². The molecule has 6 nitrogen and oxygen atoms in total. The molecule has 2 rings (SSSR count). The van der Waals surface area contributed by atoms with E-state index >= 15 is 0 Å². The summed E-state index contributed by atoms with van der Waals surface area (Å²) in [7, 11) is -3.62. The first kappa shape index (κ1) is 12.6. The zero-order valence-electron chi connectivity index (χ0n) is 9.84. The van der Waals surface area contributed by atoms with Gasteiger partial charge < -0.3 is 5.73 Å². The molecule has 0 fully saturated rings. The van der Waals surface area contributed by atoms with Crippen molar-refractivity contribution in [1.29, 1.82) is 0 Å². The lowest BCUT2D eigenvalue weighted by molar-refractivity contribution is 0.580. The van der Waals surface area contributed by atoms with Crippen LogP contribution in [0.25, 0.3) is 0 Å². The number of nitrogens with two attached hydrogens (primary N) is 1. The van der Waals surface area contributed by atoms with Crippen molar-refractivity contribution in [2.45, 2.75) is 18.4 Å². The van der Waals surface area contributed by atoms with Gasteiger partial charge in [-0.15, -0.1) is 0 Å². The third-order valence-corrected chi connectivity index (χ3v) is 4.14. The van der Waals surface area contributed by atoms with Gasteiger partial charge in [0.05, 0.1) is 17.9 Å². The number of nitrogens with zero attached hydrogens (tertiary/aromatic N) is 1. The topological polar surface area (TPSA) is 101 Å². The van der Waals surface area contributed by atoms with Gasteiger partial charge in [0.15, 0.2) is 0 Å². The normalized spacial score (nSPS) is 11.6. The fourth-order valence-electron chi connectivity index (χ4n) is 1.67. The van der Waals surface area contributed by atoms with Crippen molar-refractivity contribution in [2.75, 3.05) is 5.73 Å². The Morgan fingerprint density at radius 3 is 2.78 bits per heavy atom. The number of aromatic nitrogens is 2. The van der Waals surface area contributed by atoms with Crippen LogP contribution in [0.2, 0.25) is 0 Å². The first-order valence-corrected chi connectivity index (χ1v) is 6.82. The van der Waals surface area contributed by atoms with Gasteiger partial charge in [-0.2, -0.15) is 5.10 Å². The van der Waals surface area contributed by atoms with Crippen LogP contribution in [0.5, 0.6) is 0 Å². The van der Waals surface area contributed by atoms with Crippen LogP contribution in [0, 0.1) is 6.92 Å². The Bertz CT molecular complexity index is 615. The van der Waals surface area contributed by atoms with E-state index in [1.165, 1.54) is 0 Å². The Morgan fingerprint density at radius 1 is 1.39 bits per heavy atom. The third-order valence-electron chi connectivity index (χ3n) is 2.52. The van der Waals surface area contributed by atoms with Gasteiger partial charge in [-0.1, -0.05) is 12.1 Å². The number of anilines is 1. The van der Waals surface area contributed by atoms with E-state index < -0.39 is 10.0 Å². The number of benzene rings is 1. The molecule has 0 saturated heterocycles. The first-order valence-electron chi connectivity index (χ1n) is 5.34. The number of hydrogen-bond acceptors (Lipinski definition) is 4. The van der Waals surface area contributed by atoms with Gasteiger partial charge in [-0.25, -0.2) is 13.1 Å². The number of sulfonamides is 1. The molecule has 0 bridgehead atoms. The second kappa shape index (κ2) is 4.79. The lowest BCUT2D eigenvalue weighted by atomic mass is 10.2. The summed E-state index contributed by atoms with van der Waals surface area (Å²) in [6.45, 7) is 1.86. The second-order valence-electron chi connectivity index (χ2n) is 3.90. The molecule has 1 heterocycles. The SMILES string of the molecule is Cc1cccc(N)c1S(=O)(=O)NCc1ccn[nH]1. The van der Waals surface area contributed by atoms with E-state index in [1.54, 1.807) is 37.4 Å². The molecule has 18 heavy (non-hydrogen) atoms. The Hall–Kier alpha value is -1.86. The molecule has 7 heteroatoms. The predicted molar refractivity (Wildman–Crippen MR) is 68.2 cm³/mol. The summed E-state index contributed by atoms with van der Waals surface area (Å²) in [5.74, 6) is 0. The van der Waals surface area contributed by atoms with Crippen LogP contribution in [-0.2, 0) is 16.6 Å². The molecule has 2 aromatic rings. The molecule has 0 aliphatic rings. The van der Waals surface area contributed by atoms with E-state index in [0.29, 0.717) is 11.3 Å². The van der Waals surface area contributed by atoms with Crippen LogP contribution < -0.4 is 10.5 Å². The van der Waals surface area contributed by atoms with Gasteiger partial charge in [0.25, 0.3) is 0 Å². The molecule has 0 amide bonds. The van der Waals surface area contributed by atoms with Crippen LogP contribution in [0.1, 0.15) is 11.3 Å². The molecule has 96 valence electrons. The Kier molecular flexibility index (Phi) is 3.35. The minimum absolute atomic E-state index is 0.129. The smallest absolute Gasteiger partial charge is 0.243 e.